The quantitative estimate of drug-likeness (QED) is 0.368. The van der Waals surface area contributed by atoms with E-state index < -0.39 is 11.2 Å². The molecule has 0 spiro atoms. The molecule has 0 unspecified atom stereocenters. The fraction of sp³-hybridized carbons (Fsp3) is 0.286. The zero-order valence-corrected chi connectivity index (χ0v) is 12.8. The first-order valence-corrected chi connectivity index (χ1v) is 6.99. The average Bonchev–Trinajstić information content (AvgIpc) is 2.56. The smallest absolute Gasteiger partial charge is 0.327 e. The molecule has 128 valence electrons. The minimum absolute atomic E-state index is 0.00299. The summed E-state index contributed by atoms with van der Waals surface area (Å²) < 4.78 is 20.2. The van der Waals surface area contributed by atoms with Crippen molar-refractivity contribution in [3.05, 3.63) is 39.0 Å². The second-order valence-corrected chi connectivity index (χ2v) is 4.81. The van der Waals surface area contributed by atoms with Crippen LogP contribution in [-0.4, -0.2) is 37.5 Å². The van der Waals surface area contributed by atoms with Crippen LogP contribution in [0.3, 0.4) is 0 Å². The van der Waals surface area contributed by atoms with Gasteiger partial charge < -0.3 is 29.6 Å². The van der Waals surface area contributed by atoms with E-state index in [-0.39, 0.29) is 31.9 Å². The van der Waals surface area contributed by atoms with Gasteiger partial charge in [0.1, 0.15) is 24.0 Å². The molecule has 0 bridgehead atoms. The molecule has 10 heteroatoms. The Morgan fingerprint density at radius 2 is 1.79 bits per heavy atom. The number of aromatic amines is 2. The van der Waals surface area contributed by atoms with Crippen molar-refractivity contribution in [3.63, 3.8) is 0 Å². The SMILES string of the molecule is COCOCOCOc1ccc2c(c1)Nc1[nH]c(=O)[nH]c(=O)c1N2. The zero-order valence-electron chi connectivity index (χ0n) is 12.8. The first-order valence-electron chi connectivity index (χ1n) is 6.99. The van der Waals surface area contributed by atoms with E-state index in [0.29, 0.717) is 17.1 Å². The normalized spacial score (nSPS) is 11.9. The molecule has 2 aromatic rings. The fourth-order valence-electron chi connectivity index (χ4n) is 2.11. The van der Waals surface area contributed by atoms with Crippen LogP contribution in [0.2, 0.25) is 0 Å². The number of H-pyrrole nitrogens is 2. The summed E-state index contributed by atoms with van der Waals surface area (Å²) in [7, 11) is 1.52. The molecule has 2 heterocycles. The van der Waals surface area contributed by atoms with E-state index in [2.05, 4.69) is 20.6 Å². The number of hydrogen-bond donors (Lipinski definition) is 4. The predicted molar refractivity (Wildman–Crippen MR) is 85.1 cm³/mol. The van der Waals surface area contributed by atoms with Gasteiger partial charge in [0.2, 0.25) is 0 Å². The van der Waals surface area contributed by atoms with Gasteiger partial charge in [0, 0.05) is 13.2 Å². The summed E-state index contributed by atoms with van der Waals surface area (Å²) in [5.41, 5.74) is 0.480. The molecule has 24 heavy (non-hydrogen) atoms. The van der Waals surface area contributed by atoms with Crippen LogP contribution in [-0.2, 0) is 14.2 Å². The number of ether oxygens (including phenoxy) is 4. The van der Waals surface area contributed by atoms with Gasteiger partial charge in [-0.2, -0.15) is 0 Å². The molecule has 0 amide bonds. The number of fused-ring (bicyclic) bond motifs is 2. The topological polar surface area (TPSA) is 127 Å². The molecule has 10 nitrogen and oxygen atoms in total. The third-order valence-electron chi connectivity index (χ3n) is 3.13. The van der Waals surface area contributed by atoms with Crippen molar-refractivity contribution in [1.82, 2.24) is 9.97 Å². The van der Waals surface area contributed by atoms with E-state index >= 15 is 0 Å². The first kappa shape index (κ1) is 16.1. The number of benzene rings is 1. The highest BCUT2D eigenvalue weighted by Gasteiger charge is 2.18. The third-order valence-corrected chi connectivity index (χ3v) is 3.13. The second kappa shape index (κ2) is 7.17. The molecule has 1 aromatic heterocycles. The predicted octanol–water partition coefficient (Wildman–Crippen LogP) is 0.795. The highest BCUT2D eigenvalue weighted by Crippen LogP contribution is 2.36. The number of nitrogens with one attached hydrogen (secondary N) is 4. The molecule has 0 saturated heterocycles. The molecule has 0 fully saturated rings. The van der Waals surface area contributed by atoms with Crippen molar-refractivity contribution in [2.45, 2.75) is 0 Å². The molecule has 1 aromatic carbocycles. The van der Waals surface area contributed by atoms with Gasteiger partial charge in [-0.25, -0.2) is 4.79 Å². The Bertz CT molecular complexity index is 831. The van der Waals surface area contributed by atoms with Gasteiger partial charge in [-0.3, -0.25) is 14.8 Å². The van der Waals surface area contributed by atoms with Gasteiger partial charge in [-0.1, -0.05) is 0 Å². The number of anilines is 4. The minimum atomic E-state index is -0.589. The van der Waals surface area contributed by atoms with Crippen LogP contribution in [0.15, 0.2) is 27.8 Å². The molecule has 4 N–H and O–H groups in total. The van der Waals surface area contributed by atoms with Gasteiger partial charge in [0.05, 0.1) is 11.4 Å². The summed E-state index contributed by atoms with van der Waals surface area (Å²) in [6.07, 6.45) is 0. The lowest BCUT2D eigenvalue weighted by molar-refractivity contribution is -0.145. The molecule has 1 aliphatic rings. The van der Waals surface area contributed by atoms with E-state index in [0.717, 1.165) is 0 Å². The van der Waals surface area contributed by atoms with Crippen molar-refractivity contribution in [3.8, 4) is 5.75 Å². The molecule has 0 atom stereocenters. The van der Waals surface area contributed by atoms with Crippen molar-refractivity contribution < 1.29 is 18.9 Å². The van der Waals surface area contributed by atoms with Gasteiger partial charge >= 0.3 is 5.69 Å². The first-order chi connectivity index (χ1) is 11.7. The van der Waals surface area contributed by atoms with Crippen LogP contribution in [0, 0.1) is 0 Å². The maximum absolute atomic E-state index is 11.8. The van der Waals surface area contributed by atoms with E-state index in [4.69, 9.17) is 18.9 Å². The van der Waals surface area contributed by atoms with Crippen LogP contribution in [0.1, 0.15) is 0 Å². The minimum Gasteiger partial charge on any atom is -0.467 e. The Labute approximate surface area is 135 Å². The zero-order chi connectivity index (χ0) is 16.9. The van der Waals surface area contributed by atoms with E-state index in [1.807, 2.05) is 0 Å². The van der Waals surface area contributed by atoms with Crippen LogP contribution in [0.5, 0.6) is 5.75 Å². The van der Waals surface area contributed by atoms with E-state index in [9.17, 15) is 9.59 Å². The summed E-state index contributed by atoms with van der Waals surface area (Å²) in [5.74, 6) is 0.836. The summed E-state index contributed by atoms with van der Waals surface area (Å²) in [4.78, 5) is 27.8. The summed E-state index contributed by atoms with van der Waals surface area (Å²) in [6, 6.07) is 5.18. The number of aromatic nitrogens is 2. The molecule has 1 aliphatic heterocycles. The lowest BCUT2D eigenvalue weighted by atomic mass is 10.2. The van der Waals surface area contributed by atoms with Crippen LogP contribution in [0.25, 0.3) is 0 Å². The highest BCUT2D eigenvalue weighted by atomic mass is 16.8. The standard InChI is InChI=1S/C14H16N4O6/c1-21-5-22-6-23-7-24-8-2-3-9-10(4-8)16-12-11(15-9)13(19)18-14(20)17-12/h2-4,15H,5-7H2,1H3,(H3,16,17,18,19,20). The monoisotopic (exact) mass is 336 g/mol. The fourth-order valence-corrected chi connectivity index (χ4v) is 2.11. The Kier molecular flexibility index (Phi) is 4.79. The Hall–Kier alpha value is -2.82. The maximum Gasteiger partial charge on any atom is 0.327 e. The van der Waals surface area contributed by atoms with Gasteiger partial charge in [0.15, 0.2) is 13.6 Å². The molecular weight excluding hydrogens is 320 g/mol. The van der Waals surface area contributed by atoms with Crippen LogP contribution in [0.4, 0.5) is 22.9 Å². The van der Waals surface area contributed by atoms with Crippen molar-refractivity contribution in [2.75, 3.05) is 38.1 Å². The maximum atomic E-state index is 11.8. The Morgan fingerprint density at radius 1 is 0.958 bits per heavy atom. The van der Waals surface area contributed by atoms with Gasteiger partial charge in [-0.15, -0.1) is 0 Å². The van der Waals surface area contributed by atoms with Crippen molar-refractivity contribution in [1.29, 1.82) is 0 Å². The van der Waals surface area contributed by atoms with E-state index in [1.54, 1.807) is 18.2 Å². The van der Waals surface area contributed by atoms with Gasteiger partial charge in [-0.05, 0) is 12.1 Å². The van der Waals surface area contributed by atoms with Crippen molar-refractivity contribution in [2.24, 2.45) is 0 Å². The largest absolute Gasteiger partial charge is 0.467 e. The Balaban J connectivity index is 1.65. The Morgan fingerprint density at radius 3 is 2.62 bits per heavy atom. The van der Waals surface area contributed by atoms with Crippen LogP contribution >= 0.6 is 0 Å². The molecule has 3 rings (SSSR count). The summed E-state index contributed by atoms with van der Waals surface area (Å²) >= 11 is 0. The lowest BCUT2D eigenvalue weighted by Crippen LogP contribution is -2.27. The van der Waals surface area contributed by atoms with E-state index in [1.165, 1.54) is 7.11 Å². The molecule has 0 saturated carbocycles. The number of rotatable bonds is 7. The summed E-state index contributed by atoms with van der Waals surface area (Å²) in [5, 5.41) is 5.94. The van der Waals surface area contributed by atoms with Gasteiger partial charge in [0.25, 0.3) is 5.56 Å². The highest BCUT2D eigenvalue weighted by molar-refractivity contribution is 5.88. The third kappa shape index (κ3) is 3.56. The molecular formula is C14H16N4O6. The second-order valence-electron chi connectivity index (χ2n) is 4.81. The molecule has 0 aliphatic carbocycles. The average molecular weight is 336 g/mol. The number of hydrogen-bond acceptors (Lipinski definition) is 8. The summed E-state index contributed by atoms with van der Waals surface area (Å²) in [6.45, 7) is 0.199. The lowest BCUT2D eigenvalue weighted by Gasteiger charge is -2.22. The number of methoxy groups -OCH3 is 1. The molecule has 0 radical (unpaired) electrons. The van der Waals surface area contributed by atoms with Crippen molar-refractivity contribution >= 4 is 22.9 Å². The van der Waals surface area contributed by atoms with Crippen LogP contribution < -0.4 is 26.6 Å².